The van der Waals surface area contributed by atoms with Crippen LogP contribution in [-0.4, -0.2) is 59.5 Å². The summed E-state index contributed by atoms with van der Waals surface area (Å²) >= 11 is 0. The fourth-order valence-electron chi connectivity index (χ4n) is 2.82. The molecule has 1 N–H and O–H groups in total. The van der Waals surface area contributed by atoms with E-state index in [0.29, 0.717) is 19.4 Å². The molecule has 0 spiro atoms. The molecular formula is C13H22N2O3. The van der Waals surface area contributed by atoms with Gasteiger partial charge in [0.1, 0.15) is 0 Å². The topological polar surface area (TPSA) is 60.9 Å². The molecule has 5 nitrogen and oxygen atoms in total. The number of carboxylic acids is 1. The number of hydrogen-bond acceptors (Lipinski definition) is 3. The van der Waals surface area contributed by atoms with Crippen LogP contribution in [0.2, 0.25) is 0 Å². The second-order valence-electron chi connectivity index (χ2n) is 5.32. The van der Waals surface area contributed by atoms with Gasteiger partial charge in [0, 0.05) is 26.1 Å². The molecule has 0 radical (unpaired) electrons. The van der Waals surface area contributed by atoms with Gasteiger partial charge >= 0.3 is 5.97 Å². The first-order valence-electron chi connectivity index (χ1n) is 6.90. The fraction of sp³-hybridized carbons (Fsp3) is 0.846. The first-order valence-corrected chi connectivity index (χ1v) is 6.90. The Hall–Kier alpha value is -1.10. The molecule has 0 unspecified atom stereocenters. The Bertz CT molecular complexity index is 313. The normalized spacial score (nSPS) is 25.3. The highest BCUT2D eigenvalue weighted by molar-refractivity contribution is 5.78. The fourth-order valence-corrected chi connectivity index (χ4v) is 2.82. The Morgan fingerprint density at radius 1 is 1.11 bits per heavy atom. The van der Waals surface area contributed by atoms with E-state index in [1.165, 1.54) is 12.8 Å². The Labute approximate surface area is 108 Å². The summed E-state index contributed by atoms with van der Waals surface area (Å²) in [7, 11) is 0. The van der Waals surface area contributed by atoms with Crippen LogP contribution in [0.25, 0.3) is 0 Å². The molecule has 2 saturated heterocycles. The zero-order valence-corrected chi connectivity index (χ0v) is 10.8. The van der Waals surface area contributed by atoms with E-state index in [-0.39, 0.29) is 11.8 Å². The van der Waals surface area contributed by atoms with Crippen LogP contribution in [0, 0.1) is 5.92 Å². The van der Waals surface area contributed by atoms with Crippen LogP contribution in [0.4, 0.5) is 0 Å². The minimum atomic E-state index is -0.771. The van der Waals surface area contributed by atoms with E-state index in [2.05, 4.69) is 4.90 Å². The lowest BCUT2D eigenvalue weighted by molar-refractivity contribution is -0.145. The van der Waals surface area contributed by atoms with Crippen molar-refractivity contribution in [2.45, 2.75) is 32.1 Å². The molecular weight excluding hydrogens is 232 g/mol. The summed E-state index contributed by atoms with van der Waals surface area (Å²) < 4.78 is 0. The van der Waals surface area contributed by atoms with Crippen molar-refractivity contribution in [2.24, 2.45) is 5.92 Å². The van der Waals surface area contributed by atoms with E-state index in [1.54, 1.807) is 4.90 Å². The van der Waals surface area contributed by atoms with Crippen molar-refractivity contribution in [1.82, 2.24) is 9.80 Å². The van der Waals surface area contributed by atoms with Gasteiger partial charge in [0.15, 0.2) is 0 Å². The van der Waals surface area contributed by atoms with E-state index >= 15 is 0 Å². The first kappa shape index (κ1) is 13.3. The van der Waals surface area contributed by atoms with Crippen LogP contribution in [0.3, 0.4) is 0 Å². The molecule has 5 heteroatoms. The quantitative estimate of drug-likeness (QED) is 0.806. The molecule has 0 saturated carbocycles. The van der Waals surface area contributed by atoms with Crippen molar-refractivity contribution >= 4 is 11.9 Å². The molecule has 1 amide bonds. The van der Waals surface area contributed by atoms with Gasteiger partial charge in [0.25, 0.3) is 0 Å². The van der Waals surface area contributed by atoms with Crippen molar-refractivity contribution in [3.8, 4) is 0 Å². The van der Waals surface area contributed by atoms with Crippen LogP contribution in [-0.2, 0) is 9.59 Å². The summed E-state index contributed by atoms with van der Waals surface area (Å²) in [6.07, 6.45) is 4.52. The maximum atomic E-state index is 12.0. The van der Waals surface area contributed by atoms with Gasteiger partial charge in [-0.3, -0.25) is 9.59 Å². The maximum absolute atomic E-state index is 12.0. The number of nitrogens with zero attached hydrogens (tertiary/aromatic N) is 2. The molecule has 0 aromatic heterocycles. The Kier molecular flexibility index (Phi) is 4.58. The molecule has 2 aliphatic rings. The highest BCUT2D eigenvalue weighted by Gasteiger charge is 2.28. The van der Waals surface area contributed by atoms with Crippen LogP contribution >= 0.6 is 0 Å². The van der Waals surface area contributed by atoms with Crippen molar-refractivity contribution in [1.29, 1.82) is 0 Å². The van der Waals surface area contributed by atoms with E-state index < -0.39 is 5.97 Å². The average Bonchev–Trinajstić information content (AvgIpc) is 2.89. The van der Waals surface area contributed by atoms with Gasteiger partial charge < -0.3 is 14.9 Å². The highest BCUT2D eigenvalue weighted by Crippen LogP contribution is 2.17. The molecule has 0 aromatic rings. The van der Waals surface area contributed by atoms with Crippen molar-refractivity contribution in [2.75, 3.05) is 32.7 Å². The zero-order valence-electron chi connectivity index (χ0n) is 10.8. The van der Waals surface area contributed by atoms with Gasteiger partial charge in [-0.15, -0.1) is 0 Å². The number of piperidine rings is 1. The minimum Gasteiger partial charge on any atom is -0.481 e. The second-order valence-corrected chi connectivity index (χ2v) is 5.32. The molecule has 18 heavy (non-hydrogen) atoms. The molecule has 0 aromatic carbocycles. The summed E-state index contributed by atoms with van der Waals surface area (Å²) in [6.45, 7) is 4.15. The van der Waals surface area contributed by atoms with Crippen molar-refractivity contribution in [3.05, 3.63) is 0 Å². The molecule has 102 valence electrons. The lowest BCUT2D eigenvalue weighted by Crippen LogP contribution is -2.43. The van der Waals surface area contributed by atoms with E-state index in [4.69, 9.17) is 5.11 Å². The summed E-state index contributed by atoms with van der Waals surface area (Å²) in [5.41, 5.74) is 0. The molecule has 0 aliphatic carbocycles. The average molecular weight is 254 g/mol. The van der Waals surface area contributed by atoms with Gasteiger partial charge in [0.05, 0.1) is 5.92 Å². The third kappa shape index (κ3) is 3.45. The summed E-state index contributed by atoms with van der Waals surface area (Å²) in [5, 5.41) is 8.99. The Balaban J connectivity index is 1.75. The maximum Gasteiger partial charge on any atom is 0.308 e. The lowest BCUT2D eigenvalue weighted by atomic mass is 9.98. The van der Waals surface area contributed by atoms with Gasteiger partial charge in [-0.2, -0.15) is 0 Å². The number of carbonyl (C=O) groups excluding carboxylic acids is 1. The number of likely N-dealkylation sites (tertiary alicyclic amines) is 2. The number of rotatable bonds is 4. The zero-order chi connectivity index (χ0) is 13.0. The number of carboxylic acid groups (broad SMARTS) is 1. The minimum absolute atomic E-state index is 0.118. The molecule has 2 heterocycles. The Morgan fingerprint density at radius 3 is 2.50 bits per heavy atom. The summed E-state index contributed by atoms with van der Waals surface area (Å²) in [6, 6.07) is 0. The summed E-state index contributed by atoms with van der Waals surface area (Å²) in [4.78, 5) is 27.0. The Morgan fingerprint density at radius 2 is 1.83 bits per heavy atom. The van der Waals surface area contributed by atoms with Gasteiger partial charge in [-0.25, -0.2) is 0 Å². The van der Waals surface area contributed by atoms with E-state index in [0.717, 1.165) is 32.6 Å². The predicted octanol–water partition coefficient (Wildman–Crippen LogP) is 0.795. The van der Waals surface area contributed by atoms with Gasteiger partial charge in [-0.1, -0.05) is 0 Å². The van der Waals surface area contributed by atoms with Crippen LogP contribution < -0.4 is 0 Å². The third-order valence-corrected chi connectivity index (χ3v) is 3.96. The predicted molar refractivity (Wildman–Crippen MR) is 67.2 cm³/mol. The first-order chi connectivity index (χ1) is 8.66. The molecule has 2 aliphatic heterocycles. The van der Waals surface area contributed by atoms with Crippen LogP contribution in [0.5, 0.6) is 0 Å². The van der Waals surface area contributed by atoms with Gasteiger partial charge in [0.2, 0.25) is 5.91 Å². The monoisotopic (exact) mass is 254 g/mol. The standard InChI is InChI=1S/C13H22N2O3/c16-12(5-9-14-6-1-2-7-14)15-8-3-4-11(10-15)13(17)18/h11H,1-10H2,(H,17,18)/t11-/m1/s1. The van der Waals surface area contributed by atoms with Crippen LogP contribution in [0.1, 0.15) is 32.1 Å². The van der Waals surface area contributed by atoms with Crippen LogP contribution in [0.15, 0.2) is 0 Å². The second kappa shape index (κ2) is 6.18. The van der Waals surface area contributed by atoms with E-state index in [1.807, 2.05) is 0 Å². The molecule has 2 rings (SSSR count). The smallest absolute Gasteiger partial charge is 0.308 e. The number of carbonyl (C=O) groups is 2. The van der Waals surface area contributed by atoms with E-state index in [9.17, 15) is 9.59 Å². The molecule has 1 atom stereocenters. The van der Waals surface area contributed by atoms with Gasteiger partial charge in [-0.05, 0) is 38.8 Å². The molecule has 2 fully saturated rings. The highest BCUT2D eigenvalue weighted by atomic mass is 16.4. The number of amides is 1. The summed E-state index contributed by atoms with van der Waals surface area (Å²) in [5.74, 6) is -1.02. The van der Waals surface area contributed by atoms with Crippen molar-refractivity contribution in [3.63, 3.8) is 0 Å². The number of aliphatic carboxylic acids is 1. The largest absolute Gasteiger partial charge is 0.481 e. The molecule has 0 bridgehead atoms. The third-order valence-electron chi connectivity index (χ3n) is 3.96. The number of hydrogen-bond donors (Lipinski definition) is 1. The SMILES string of the molecule is O=C(O)[C@@H]1CCCN(C(=O)CCN2CCCC2)C1. The van der Waals surface area contributed by atoms with Crippen molar-refractivity contribution < 1.29 is 14.7 Å². The lowest BCUT2D eigenvalue weighted by Gasteiger charge is -2.31.